The van der Waals surface area contributed by atoms with E-state index < -0.39 is 0 Å². The molecule has 0 radical (unpaired) electrons. The Labute approximate surface area is 157 Å². The fourth-order valence-electron chi connectivity index (χ4n) is 2.59. The SMILES string of the molecule is CC(CN1CCN(c2ccccc2)CC1)NC(=O)CN.Cl.Cl.Cl. The van der Waals surface area contributed by atoms with Gasteiger partial charge in [-0.05, 0) is 19.1 Å². The second kappa shape index (κ2) is 12.7. The van der Waals surface area contributed by atoms with Crippen molar-refractivity contribution in [1.29, 1.82) is 0 Å². The molecule has 0 saturated carbocycles. The first-order chi connectivity index (χ1) is 9.69. The molecule has 1 aliphatic heterocycles. The number of nitrogens with zero attached hydrogens (tertiary/aromatic N) is 2. The molecule has 0 spiro atoms. The number of nitrogens with two attached hydrogens (primary N) is 1. The number of hydrogen-bond donors (Lipinski definition) is 2. The Bertz CT molecular complexity index is 428. The molecule has 1 heterocycles. The Morgan fingerprint density at radius 3 is 2.22 bits per heavy atom. The molecule has 1 atom stereocenters. The second-order valence-electron chi connectivity index (χ2n) is 5.30. The molecule has 8 heteroatoms. The van der Waals surface area contributed by atoms with E-state index in [1.807, 2.05) is 13.0 Å². The number of para-hydroxylation sites is 1. The lowest BCUT2D eigenvalue weighted by Gasteiger charge is -2.37. The van der Waals surface area contributed by atoms with Gasteiger partial charge in [0.05, 0.1) is 6.54 Å². The summed E-state index contributed by atoms with van der Waals surface area (Å²) in [5.74, 6) is -0.0829. The van der Waals surface area contributed by atoms with Crippen LogP contribution < -0.4 is 16.0 Å². The van der Waals surface area contributed by atoms with Gasteiger partial charge < -0.3 is 16.0 Å². The van der Waals surface area contributed by atoms with Crippen LogP contribution in [0.4, 0.5) is 5.69 Å². The summed E-state index contributed by atoms with van der Waals surface area (Å²) in [5, 5.41) is 2.90. The van der Waals surface area contributed by atoms with Gasteiger partial charge in [-0.15, -0.1) is 37.2 Å². The van der Waals surface area contributed by atoms with E-state index in [9.17, 15) is 4.79 Å². The normalized spacial score (nSPS) is 15.5. The quantitative estimate of drug-likeness (QED) is 0.807. The third kappa shape index (κ3) is 8.08. The molecule has 1 aliphatic rings. The summed E-state index contributed by atoms with van der Waals surface area (Å²) in [6.07, 6.45) is 0. The Hall–Kier alpha value is -0.720. The summed E-state index contributed by atoms with van der Waals surface area (Å²) >= 11 is 0. The Morgan fingerprint density at radius 2 is 1.70 bits per heavy atom. The average molecular weight is 386 g/mol. The molecule has 1 amide bonds. The van der Waals surface area contributed by atoms with Crippen molar-refractivity contribution in [3.05, 3.63) is 30.3 Å². The standard InChI is InChI=1S/C15H24N4O.3ClH/c1-13(17-15(20)11-16)12-18-7-9-19(10-8-18)14-5-3-2-4-6-14;;;/h2-6,13H,7-12,16H2,1H3,(H,17,20);3*1H. The number of halogens is 3. The van der Waals surface area contributed by atoms with Crippen LogP contribution in [0.15, 0.2) is 30.3 Å². The van der Waals surface area contributed by atoms with Gasteiger partial charge in [-0.2, -0.15) is 0 Å². The molecule has 134 valence electrons. The number of carbonyl (C=O) groups excluding carboxylic acids is 1. The zero-order valence-electron chi connectivity index (χ0n) is 13.3. The van der Waals surface area contributed by atoms with Crippen molar-refractivity contribution in [2.24, 2.45) is 5.73 Å². The van der Waals surface area contributed by atoms with E-state index in [-0.39, 0.29) is 55.7 Å². The number of anilines is 1. The molecule has 0 aliphatic carbocycles. The third-order valence-corrected chi connectivity index (χ3v) is 3.62. The van der Waals surface area contributed by atoms with Crippen LogP contribution in [-0.4, -0.2) is 56.1 Å². The minimum Gasteiger partial charge on any atom is -0.369 e. The van der Waals surface area contributed by atoms with Crippen molar-refractivity contribution in [3.8, 4) is 0 Å². The van der Waals surface area contributed by atoms with Crippen LogP contribution in [0, 0.1) is 0 Å². The number of piperazine rings is 1. The van der Waals surface area contributed by atoms with Gasteiger partial charge >= 0.3 is 0 Å². The van der Waals surface area contributed by atoms with Crippen LogP contribution in [0.2, 0.25) is 0 Å². The van der Waals surface area contributed by atoms with E-state index in [2.05, 4.69) is 39.4 Å². The Kier molecular flexibility index (Phi) is 13.5. The molecule has 23 heavy (non-hydrogen) atoms. The monoisotopic (exact) mass is 384 g/mol. The van der Waals surface area contributed by atoms with Crippen LogP contribution in [0.25, 0.3) is 0 Å². The van der Waals surface area contributed by atoms with Gasteiger partial charge in [-0.1, -0.05) is 18.2 Å². The van der Waals surface area contributed by atoms with Gasteiger partial charge in [0.1, 0.15) is 0 Å². The van der Waals surface area contributed by atoms with E-state index in [4.69, 9.17) is 5.73 Å². The fourth-order valence-corrected chi connectivity index (χ4v) is 2.59. The summed E-state index contributed by atoms with van der Waals surface area (Å²) in [6.45, 7) is 7.08. The van der Waals surface area contributed by atoms with Crippen molar-refractivity contribution < 1.29 is 4.79 Å². The lowest BCUT2D eigenvalue weighted by Crippen LogP contribution is -2.51. The number of amides is 1. The summed E-state index contributed by atoms with van der Waals surface area (Å²) in [4.78, 5) is 16.0. The molecule has 1 aromatic carbocycles. The number of hydrogen-bond acceptors (Lipinski definition) is 4. The molecule has 1 fully saturated rings. The van der Waals surface area contributed by atoms with Crippen LogP contribution in [0.1, 0.15) is 6.92 Å². The highest BCUT2D eigenvalue weighted by molar-refractivity contribution is 5.86. The Balaban J connectivity index is 0. The lowest BCUT2D eigenvalue weighted by atomic mass is 10.2. The average Bonchev–Trinajstić information content (AvgIpc) is 2.48. The molecule has 5 nitrogen and oxygen atoms in total. The smallest absolute Gasteiger partial charge is 0.233 e. The van der Waals surface area contributed by atoms with E-state index in [1.54, 1.807) is 0 Å². The summed E-state index contributed by atoms with van der Waals surface area (Å²) in [6, 6.07) is 10.6. The third-order valence-electron chi connectivity index (χ3n) is 3.62. The maximum atomic E-state index is 11.2. The summed E-state index contributed by atoms with van der Waals surface area (Å²) in [5.41, 5.74) is 6.59. The highest BCUT2D eigenvalue weighted by atomic mass is 35.5. The van der Waals surface area contributed by atoms with Crippen molar-refractivity contribution in [2.75, 3.05) is 44.2 Å². The zero-order valence-corrected chi connectivity index (χ0v) is 15.8. The highest BCUT2D eigenvalue weighted by Gasteiger charge is 2.19. The van der Waals surface area contributed by atoms with Gasteiger partial charge in [-0.25, -0.2) is 0 Å². The first kappa shape index (κ1) is 24.5. The van der Waals surface area contributed by atoms with Gasteiger partial charge in [0.15, 0.2) is 0 Å². The molecule has 1 aromatic rings. The zero-order chi connectivity index (χ0) is 14.4. The van der Waals surface area contributed by atoms with Crippen molar-refractivity contribution in [3.63, 3.8) is 0 Å². The van der Waals surface area contributed by atoms with Crippen LogP contribution >= 0.6 is 37.2 Å². The molecule has 0 bridgehead atoms. The predicted octanol–water partition coefficient (Wildman–Crippen LogP) is 1.54. The van der Waals surface area contributed by atoms with Gasteiger partial charge in [0.2, 0.25) is 5.91 Å². The van der Waals surface area contributed by atoms with Crippen LogP contribution in [0.5, 0.6) is 0 Å². The molecule has 0 aromatic heterocycles. The van der Waals surface area contributed by atoms with Gasteiger partial charge in [0, 0.05) is 44.5 Å². The topological polar surface area (TPSA) is 61.6 Å². The maximum Gasteiger partial charge on any atom is 0.233 e. The largest absolute Gasteiger partial charge is 0.369 e. The summed E-state index contributed by atoms with van der Waals surface area (Å²) in [7, 11) is 0. The predicted molar refractivity (Wildman–Crippen MR) is 103 cm³/mol. The minimum absolute atomic E-state index is 0. The van der Waals surface area contributed by atoms with Crippen molar-refractivity contribution >= 4 is 48.8 Å². The van der Waals surface area contributed by atoms with E-state index in [0.717, 1.165) is 32.7 Å². The minimum atomic E-state index is -0.0829. The van der Waals surface area contributed by atoms with Gasteiger partial charge in [-0.3, -0.25) is 9.69 Å². The molecule has 3 N–H and O–H groups in total. The number of benzene rings is 1. The number of rotatable bonds is 5. The summed E-state index contributed by atoms with van der Waals surface area (Å²) < 4.78 is 0. The highest BCUT2D eigenvalue weighted by Crippen LogP contribution is 2.15. The molecular formula is C15H27Cl3N4O. The fraction of sp³-hybridized carbons (Fsp3) is 0.533. The molecule has 1 unspecified atom stereocenters. The Morgan fingerprint density at radius 1 is 1.13 bits per heavy atom. The molecule has 2 rings (SSSR count). The van der Waals surface area contributed by atoms with E-state index in [1.165, 1.54) is 5.69 Å². The molecular weight excluding hydrogens is 359 g/mol. The van der Waals surface area contributed by atoms with E-state index >= 15 is 0 Å². The number of nitrogens with one attached hydrogen (secondary N) is 1. The van der Waals surface area contributed by atoms with E-state index in [0.29, 0.717) is 0 Å². The van der Waals surface area contributed by atoms with Crippen LogP contribution in [-0.2, 0) is 4.79 Å². The first-order valence-electron chi connectivity index (χ1n) is 7.21. The first-order valence-corrected chi connectivity index (χ1v) is 7.21. The second-order valence-corrected chi connectivity index (χ2v) is 5.30. The maximum absolute atomic E-state index is 11.2. The van der Waals surface area contributed by atoms with Crippen LogP contribution in [0.3, 0.4) is 0 Å². The van der Waals surface area contributed by atoms with Crippen molar-refractivity contribution in [1.82, 2.24) is 10.2 Å². The lowest BCUT2D eigenvalue weighted by molar-refractivity contribution is -0.120. The van der Waals surface area contributed by atoms with Crippen molar-refractivity contribution in [2.45, 2.75) is 13.0 Å². The molecule has 1 saturated heterocycles. The van der Waals surface area contributed by atoms with Gasteiger partial charge in [0.25, 0.3) is 0 Å². The number of carbonyl (C=O) groups is 1.